The first kappa shape index (κ1) is 16.3. The zero-order chi connectivity index (χ0) is 14.6. The summed E-state index contributed by atoms with van der Waals surface area (Å²) in [7, 11) is -3.53. The highest BCUT2D eigenvalue weighted by atomic mass is 32.2. The highest BCUT2D eigenvalue weighted by Gasteiger charge is 2.19. The van der Waals surface area contributed by atoms with Gasteiger partial charge < -0.3 is 5.73 Å². The predicted octanol–water partition coefficient (Wildman–Crippen LogP) is 2.16. The molecule has 3 N–H and O–H groups in total. The monoisotopic (exact) mass is 302 g/mol. The number of hydrogen-bond donors (Lipinski definition) is 2. The molecule has 1 unspecified atom stereocenters. The quantitative estimate of drug-likeness (QED) is 0.790. The molecule has 0 fully saturated rings. The maximum absolute atomic E-state index is 12.2. The van der Waals surface area contributed by atoms with E-state index in [9.17, 15) is 8.42 Å². The van der Waals surface area contributed by atoms with Gasteiger partial charge in [0.2, 0.25) is 10.0 Å². The minimum absolute atomic E-state index is 0.173. The molecule has 0 aromatic heterocycles. The summed E-state index contributed by atoms with van der Waals surface area (Å²) in [5.41, 5.74) is 8.03. The molecule has 19 heavy (non-hydrogen) atoms. The van der Waals surface area contributed by atoms with Crippen LogP contribution in [-0.2, 0) is 10.0 Å². The van der Waals surface area contributed by atoms with E-state index in [2.05, 4.69) is 4.72 Å². The van der Waals surface area contributed by atoms with Gasteiger partial charge in [-0.05, 0) is 55.0 Å². The van der Waals surface area contributed by atoms with Crippen LogP contribution in [-0.4, -0.2) is 27.0 Å². The Balaban J connectivity index is 2.92. The van der Waals surface area contributed by atoms with Crippen LogP contribution in [0.25, 0.3) is 0 Å². The van der Waals surface area contributed by atoms with Gasteiger partial charge in [-0.2, -0.15) is 11.8 Å². The minimum Gasteiger partial charge on any atom is -0.398 e. The summed E-state index contributed by atoms with van der Waals surface area (Å²) in [4.78, 5) is 0.173. The Morgan fingerprint density at radius 1 is 1.32 bits per heavy atom. The van der Waals surface area contributed by atoms with Crippen LogP contribution in [0.15, 0.2) is 17.0 Å². The van der Waals surface area contributed by atoms with Crippen LogP contribution in [0.5, 0.6) is 0 Å². The molecular formula is C13H22N2O2S2. The number of rotatable bonds is 6. The summed E-state index contributed by atoms with van der Waals surface area (Å²) >= 11 is 1.70. The first-order valence-corrected chi connectivity index (χ1v) is 9.01. The van der Waals surface area contributed by atoms with E-state index < -0.39 is 10.0 Å². The fourth-order valence-electron chi connectivity index (χ4n) is 1.72. The number of nitrogens with one attached hydrogen (secondary N) is 1. The van der Waals surface area contributed by atoms with Gasteiger partial charge >= 0.3 is 0 Å². The summed E-state index contributed by atoms with van der Waals surface area (Å²) in [5, 5.41) is 0. The lowest BCUT2D eigenvalue weighted by atomic mass is 10.1. The normalized spacial score (nSPS) is 13.5. The highest BCUT2D eigenvalue weighted by molar-refractivity contribution is 7.98. The maximum Gasteiger partial charge on any atom is 0.242 e. The number of nitrogen functional groups attached to an aromatic ring is 1. The summed E-state index contributed by atoms with van der Waals surface area (Å²) in [5.74, 6) is 1.21. The Morgan fingerprint density at radius 2 is 1.89 bits per heavy atom. The van der Waals surface area contributed by atoms with Crippen molar-refractivity contribution in [3.05, 3.63) is 23.3 Å². The Bertz CT molecular complexity index is 542. The Kier molecular flexibility index (Phi) is 5.70. The third-order valence-corrected chi connectivity index (χ3v) is 5.37. The molecule has 0 amide bonds. The number of thioether (sulfide) groups is 1. The van der Waals surface area contributed by atoms with Crippen molar-refractivity contribution in [3.8, 4) is 0 Å². The first-order valence-electron chi connectivity index (χ1n) is 6.13. The molecular weight excluding hydrogens is 280 g/mol. The lowest BCUT2D eigenvalue weighted by molar-refractivity contribution is 0.563. The van der Waals surface area contributed by atoms with Gasteiger partial charge in [-0.1, -0.05) is 6.92 Å². The largest absolute Gasteiger partial charge is 0.398 e. The molecule has 0 radical (unpaired) electrons. The zero-order valence-corrected chi connectivity index (χ0v) is 13.5. The molecule has 0 spiro atoms. The molecule has 0 heterocycles. The molecule has 1 rings (SSSR count). The molecule has 1 aromatic carbocycles. The van der Waals surface area contributed by atoms with Crippen LogP contribution in [0, 0.1) is 19.8 Å². The number of benzene rings is 1. The highest BCUT2D eigenvalue weighted by Crippen LogP contribution is 2.22. The Labute approximate surface area is 120 Å². The van der Waals surface area contributed by atoms with Crippen LogP contribution in [0.1, 0.15) is 18.1 Å². The van der Waals surface area contributed by atoms with Gasteiger partial charge in [-0.3, -0.25) is 0 Å². The molecule has 1 aromatic rings. The number of nitrogens with two attached hydrogens (primary N) is 1. The Morgan fingerprint density at radius 3 is 2.47 bits per heavy atom. The average molecular weight is 302 g/mol. The summed E-state index contributed by atoms with van der Waals surface area (Å²) in [6.45, 7) is 6.23. The van der Waals surface area contributed by atoms with Crippen molar-refractivity contribution in [2.75, 3.05) is 24.3 Å². The van der Waals surface area contributed by atoms with E-state index in [1.165, 1.54) is 0 Å². The molecule has 0 aliphatic heterocycles. The van der Waals surface area contributed by atoms with Crippen molar-refractivity contribution in [1.82, 2.24) is 4.72 Å². The van der Waals surface area contributed by atoms with Gasteiger partial charge in [0.15, 0.2) is 0 Å². The minimum atomic E-state index is -3.53. The van der Waals surface area contributed by atoms with Crippen molar-refractivity contribution in [1.29, 1.82) is 0 Å². The van der Waals surface area contributed by atoms with E-state index >= 15 is 0 Å². The first-order chi connectivity index (χ1) is 8.77. The van der Waals surface area contributed by atoms with Crippen molar-refractivity contribution in [2.24, 2.45) is 5.92 Å². The van der Waals surface area contributed by atoms with Gasteiger partial charge in [-0.15, -0.1) is 0 Å². The van der Waals surface area contributed by atoms with Gasteiger partial charge in [0, 0.05) is 6.54 Å². The number of aryl methyl sites for hydroxylation is 2. The molecule has 4 nitrogen and oxygen atoms in total. The fourth-order valence-corrected chi connectivity index (χ4v) is 3.77. The van der Waals surface area contributed by atoms with Crippen LogP contribution >= 0.6 is 11.8 Å². The van der Waals surface area contributed by atoms with E-state index in [1.54, 1.807) is 23.9 Å². The lowest BCUT2D eigenvalue weighted by Gasteiger charge is -2.14. The van der Waals surface area contributed by atoms with Gasteiger partial charge in [0.1, 0.15) is 4.90 Å². The van der Waals surface area contributed by atoms with Crippen molar-refractivity contribution >= 4 is 27.5 Å². The second kappa shape index (κ2) is 6.63. The SMILES string of the molecule is CSCC(C)CNS(=O)(=O)c1cc(C)c(C)cc1N. The van der Waals surface area contributed by atoms with Crippen molar-refractivity contribution < 1.29 is 8.42 Å². The molecule has 0 saturated carbocycles. The summed E-state index contributed by atoms with van der Waals surface area (Å²) in [6, 6.07) is 3.33. The van der Waals surface area contributed by atoms with Crippen molar-refractivity contribution in [3.63, 3.8) is 0 Å². The van der Waals surface area contributed by atoms with Gasteiger partial charge in [0.25, 0.3) is 0 Å². The molecule has 0 aliphatic rings. The second-order valence-electron chi connectivity index (χ2n) is 4.89. The van der Waals surface area contributed by atoms with Crippen LogP contribution in [0.3, 0.4) is 0 Å². The number of hydrogen-bond acceptors (Lipinski definition) is 4. The van der Waals surface area contributed by atoms with E-state index in [0.29, 0.717) is 12.2 Å². The topological polar surface area (TPSA) is 72.2 Å². The van der Waals surface area contributed by atoms with Gasteiger partial charge in [0.05, 0.1) is 5.69 Å². The molecule has 108 valence electrons. The second-order valence-corrected chi connectivity index (χ2v) is 7.53. The summed E-state index contributed by atoms with van der Waals surface area (Å²) < 4.78 is 27.1. The van der Waals surface area contributed by atoms with E-state index in [0.717, 1.165) is 16.9 Å². The van der Waals surface area contributed by atoms with E-state index in [4.69, 9.17) is 5.73 Å². The fraction of sp³-hybridized carbons (Fsp3) is 0.538. The average Bonchev–Trinajstić information content (AvgIpc) is 2.31. The smallest absolute Gasteiger partial charge is 0.242 e. The maximum atomic E-state index is 12.2. The van der Waals surface area contributed by atoms with Crippen LogP contribution < -0.4 is 10.5 Å². The van der Waals surface area contributed by atoms with E-state index in [-0.39, 0.29) is 10.8 Å². The molecule has 6 heteroatoms. The summed E-state index contributed by atoms with van der Waals surface area (Å²) in [6.07, 6.45) is 2.01. The van der Waals surface area contributed by atoms with Crippen LogP contribution in [0.2, 0.25) is 0 Å². The van der Waals surface area contributed by atoms with Crippen LogP contribution in [0.4, 0.5) is 5.69 Å². The molecule has 0 saturated heterocycles. The third kappa shape index (κ3) is 4.40. The number of sulfonamides is 1. The Hall–Kier alpha value is -0.720. The number of anilines is 1. The molecule has 0 aliphatic carbocycles. The molecule has 0 bridgehead atoms. The standard InChI is InChI=1S/C13H22N2O2S2/c1-9(8-18-4)7-15-19(16,17)13-6-11(3)10(2)5-12(13)14/h5-6,9,15H,7-8,14H2,1-4H3. The lowest BCUT2D eigenvalue weighted by Crippen LogP contribution is -2.30. The van der Waals surface area contributed by atoms with E-state index in [1.807, 2.05) is 27.0 Å². The predicted molar refractivity (Wildman–Crippen MR) is 83.1 cm³/mol. The van der Waals surface area contributed by atoms with Crippen molar-refractivity contribution in [2.45, 2.75) is 25.7 Å². The van der Waals surface area contributed by atoms with Gasteiger partial charge in [-0.25, -0.2) is 13.1 Å². The zero-order valence-electron chi connectivity index (χ0n) is 11.9. The molecule has 1 atom stereocenters. The third-order valence-electron chi connectivity index (χ3n) is 2.99.